The summed E-state index contributed by atoms with van der Waals surface area (Å²) in [6.07, 6.45) is 5.29. The van der Waals surface area contributed by atoms with Crippen LogP contribution in [0.15, 0.2) is 12.4 Å². The van der Waals surface area contributed by atoms with E-state index < -0.39 is 0 Å². The van der Waals surface area contributed by atoms with Crippen molar-refractivity contribution in [3.8, 4) is 6.07 Å². The number of hydrogen-bond acceptors (Lipinski definition) is 5. The Morgan fingerprint density at radius 3 is 2.93 bits per heavy atom. The summed E-state index contributed by atoms with van der Waals surface area (Å²) in [6.45, 7) is 1.79. The van der Waals surface area contributed by atoms with E-state index in [-0.39, 0.29) is 6.04 Å². The molecule has 0 unspecified atom stereocenters. The van der Waals surface area contributed by atoms with Crippen LogP contribution in [0.4, 0.5) is 5.82 Å². The zero-order chi connectivity index (χ0) is 10.7. The summed E-state index contributed by atoms with van der Waals surface area (Å²) in [5.74, 6) is 0.809. The summed E-state index contributed by atoms with van der Waals surface area (Å²) in [4.78, 5) is 10.3. The van der Waals surface area contributed by atoms with Gasteiger partial charge in [0.1, 0.15) is 11.9 Å². The molecule has 5 heteroatoms. The molecule has 15 heavy (non-hydrogen) atoms. The Morgan fingerprint density at radius 2 is 2.33 bits per heavy atom. The van der Waals surface area contributed by atoms with Crippen molar-refractivity contribution >= 4 is 5.82 Å². The van der Waals surface area contributed by atoms with E-state index in [1.54, 1.807) is 6.20 Å². The molecule has 2 rings (SSSR count). The van der Waals surface area contributed by atoms with Gasteiger partial charge in [0.05, 0.1) is 12.4 Å². The lowest BCUT2D eigenvalue weighted by molar-refractivity contribution is 0.503. The van der Waals surface area contributed by atoms with E-state index >= 15 is 0 Å². The Labute approximate surface area is 88.5 Å². The molecule has 2 N–H and O–H groups in total. The molecule has 1 aromatic rings. The second-order valence-corrected chi connectivity index (χ2v) is 3.72. The topological polar surface area (TPSA) is 78.8 Å². The maximum atomic E-state index is 8.59. The predicted octanol–water partition coefficient (Wildman–Crippen LogP) is 0.276. The van der Waals surface area contributed by atoms with Crippen LogP contribution in [0.1, 0.15) is 18.5 Å². The molecule has 78 valence electrons. The fraction of sp³-hybridized carbons (Fsp3) is 0.500. The lowest BCUT2D eigenvalue weighted by Crippen LogP contribution is -2.43. The number of piperidine rings is 1. The van der Waals surface area contributed by atoms with Gasteiger partial charge in [0.25, 0.3) is 0 Å². The molecule has 0 bridgehead atoms. The average Bonchev–Trinajstić information content (AvgIpc) is 2.29. The highest BCUT2D eigenvalue weighted by molar-refractivity contribution is 5.37. The number of hydrogen-bond donors (Lipinski definition) is 1. The van der Waals surface area contributed by atoms with Gasteiger partial charge in [-0.05, 0) is 12.8 Å². The van der Waals surface area contributed by atoms with Gasteiger partial charge in [-0.25, -0.2) is 9.97 Å². The van der Waals surface area contributed by atoms with Gasteiger partial charge in [0, 0.05) is 19.1 Å². The minimum absolute atomic E-state index is 0.219. The maximum absolute atomic E-state index is 8.59. The van der Waals surface area contributed by atoms with Gasteiger partial charge >= 0.3 is 0 Å². The molecule has 2 heterocycles. The summed E-state index contributed by atoms with van der Waals surface area (Å²) in [6, 6.07) is 2.17. The van der Waals surface area contributed by atoms with Crippen molar-refractivity contribution in [3.63, 3.8) is 0 Å². The molecular weight excluding hydrogens is 190 g/mol. The van der Waals surface area contributed by atoms with E-state index in [1.165, 1.54) is 6.20 Å². The first kappa shape index (κ1) is 9.87. The van der Waals surface area contributed by atoms with Crippen molar-refractivity contribution in [2.45, 2.75) is 18.9 Å². The van der Waals surface area contributed by atoms with Gasteiger partial charge < -0.3 is 10.6 Å². The molecule has 1 fully saturated rings. The van der Waals surface area contributed by atoms with Gasteiger partial charge in [0.15, 0.2) is 5.69 Å². The quantitative estimate of drug-likeness (QED) is 0.709. The van der Waals surface area contributed by atoms with E-state index in [0.717, 1.165) is 31.7 Å². The lowest BCUT2D eigenvalue weighted by Gasteiger charge is -2.31. The monoisotopic (exact) mass is 203 g/mol. The fourth-order valence-electron chi connectivity index (χ4n) is 1.76. The molecule has 0 radical (unpaired) electrons. The van der Waals surface area contributed by atoms with Crippen LogP contribution in [0.2, 0.25) is 0 Å². The summed E-state index contributed by atoms with van der Waals surface area (Å²) in [5, 5.41) is 8.59. The zero-order valence-corrected chi connectivity index (χ0v) is 8.43. The second-order valence-electron chi connectivity index (χ2n) is 3.72. The smallest absolute Gasteiger partial charge is 0.158 e. The highest BCUT2D eigenvalue weighted by Gasteiger charge is 2.17. The van der Waals surface area contributed by atoms with Crippen molar-refractivity contribution < 1.29 is 0 Å². The minimum atomic E-state index is 0.219. The Hall–Kier alpha value is -1.67. The van der Waals surface area contributed by atoms with Crippen LogP contribution >= 0.6 is 0 Å². The first-order chi connectivity index (χ1) is 7.29. The van der Waals surface area contributed by atoms with Crippen LogP contribution in [0.5, 0.6) is 0 Å². The first-order valence-corrected chi connectivity index (χ1v) is 5.02. The van der Waals surface area contributed by atoms with Crippen molar-refractivity contribution in [2.24, 2.45) is 5.73 Å². The van der Waals surface area contributed by atoms with Crippen LogP contribution in [-0.2, 0) is 0 Å². The maximum Gasteiger partial charge on any atom is 0.158 e. The second kappa shape index (κ2) is 4.24. The summed E-state index contributed by atoms with van der Waals surface area (Å²) >= 11 is 0. The van der Waals surface area contributed by atoms with E-state index in [0.29, 0.717) is 5.69 Å². The third-order valence-electron chi connectivity index (χ3n) is 2.53. The van der Waals surface area contributed by atoms with Crippen molar-refractivity contribution in [3.05, 3.63) is 18.1 Å². The Kier molecular flexibility index (Phi) is 2.79. The highest BCUT2D eigenvalue weighted by Crippen LogP contribution is 2.15. The van der Waals surface area contributed by atoms with Crippen LogP contribution in [0, 0.1) is 11.3 Å². The van der Waals surface area contributed by atoms with Crippen LogP contribution in [-0.4, -0.2) is 29.1 Å². The molecule has 0 aliphatic carbocycles. The molecule has 1 aliphatic rings. The summed E-state index contributed by atoms with van der Waals surface area (Å²) in [7, 11) is 0. The number of nitrogens with two attached hydrogens (primary N) is 1. The van der Waals surface area contributed by atoms with Crippen molar-refractivity contribution in [1.29, 1.82) is 5.26 Å². The fourth-order valence-corrected chi connectivity index (χ4v) is 1.76. The van der Waals surface area contributed by atoms with Gasteiger partial charge in [-0.15, -0.1) is 0 Å². The van der Waals surface area contributed by atoms with Gasteiger partial charge in [-0.2, -0.15) is 5.26 Å². The van der Waals surface area contributed by atoms with Crippen LogP contribution in [0.25, 0.3) is 0 Å². The molecule has 0 amide bonds. The number of anilines is 1. The van der Waals surface area contributed by atoms with Crippen molar-refractivity contribution in [2.75, 3.05) is 18.0 Å². The van der Waals surface area contributed by atoms with Gasteiger partial charge in [0.2, 0.25) is 0 Å². The van der Waals surface area contributed by atoms with Gasteiger partial charge in [-0.3, -0.25) is 0 Å². The van der Waals surface area contributed by atoms with Crippen LogP contribution < -0.4 is 10.6 Å². The normalized spacial score (nSPS) is 21.1. The molecule has 1 aromatic heterocycles. The number of aromatic nitrogens is 2. The molecule has 0 spiro atoms. The molecule has 1 aliphatic heterocycles. The van der Waals surface area contributed by atoms with Gasteiger partial charge in [-0.1, -0.05) is 0 Å². The Balaban J connectivity index is 2.12. The first-order valence-electron chi connectivity index (χ1n) is 5.02. The number of nitriles is 1. The van der Waals surface area contributed by atoms with Crippen LogP contribution in [0.3, 0.4) is 0 Å². The SMILES string of the molecule is N#Cc1cnc(N2CCC[C@@H](N)C2)cn1. The molecule has 1 atom stereocenters. The Bertz CT molecular complexity index is 366. The number of nitrogens with zero attached hydrogens (tertiary/aromatic N) is 4. The Morgan fingerprint density at radius 1 is 1.47 bits per heavy atom. The number of rotatable bonds is 1. The van der Waals surface area contributed by atoms with E-state index in [4.69, 9.17) is 11.0 Å². The highest BCUT2D eigenvalue weighted by atomic mass is 15.2. The molecular formula is C10H13N5. The molecule has 0 saturated carbocycles. The lowest BCUT2D eigenvalue weighted by atomic mass is 10.1. The minimum Gasteiger partial charge on any atom is -0.354 e. The third kappa shape index (κ3) is 2.22. The largest absolute Gasteiger partial charge is 0.354 e. The molecule has 5 nitrogen and oxygen atoms in total. The molecule has 0 aromatic carbocycles. The van der Waals surface area contributed by atoms with E-state index in [9.17, 15) is 0 Å². The molecule has 1 saturated heterocycles. The summed E-state index contributed by atoms with van der Waals surface area (Å²) in [5.41, 5.74) is 6.22. The van der Waals surface area contributed by atoms with E-state index in [2.05, 4.69) is 14.9 Å². The predicted molar refractivity (Wildman–Crippen MR) is 56.2 cm³/mol. The van der Waals surface area contributed by atoms with Crippen molar-refractivity contribution in [1.82, 2.24) is 9.97 Å². The summed E-state index contributed by atoms with van der Waals surface area (Å²) < 4.78 is 0. The third-order valence-corrected chi connectivity index (χ3v) is 2.53. The standard InChI is InChI=1S/C10H13N5/c11-4-9-5-14-10(6-13-9)15-3-1-2-8(12)7-15/h5-6,8H,1-3,7,12H2/t8-/m1/s1. The average molecular weight is 203 g/mol. The zero-order valence-electron chi connectivity index (χ0n) is 8.43. The van der Waals surface area contributed by atoms with E-state index in [1.807, 2.05) is 6.07 Å².